The van der Waals surface area contributed by atoms with E-state index in [4.69, 9.17) is 0 Å². The fourth-order valence-corrected chi connectivity index (χ4v) is 9.82. The number of halogens is 3. The molecule has 6 nitrogen and oxygen atoms in total. The second kappa shape index (κ2) is 21.9. The van der Waals surface area contributed by atoms with E-state index in [1.807, 2.05) is 86.6 Å². The zero-order valence-corrected chi connectivity index (χ0v) is 42.2. The lowest BCUT2D eigenvalue weighted by Gasteiger charge is -2.34. The van der Waals surface area contributed by atoms with Crippen LogP contribution in [0.5, 0.6) is 11.5 Å². The Bertz CT molecular complexity index is 2410. The molecule has 0 unspecified atom stereocenters. The minimum atomic E-state index is -5.74. The third-order valence-corrected chi connectivity index (χ3v) is 15.2. The van der Waals surface area contributed by atoms with Crippen molar-refractivity contribution in [1.29, 1.82) is 0 Å². The van der Waals surface area contributed by atoms with E-state index in [1.54, 1.807) is 12.1 Å². The summed E-state index contributed by atoms with van der Waals surface area (Å²) in [5.74, 6) is 0.00490. The molecule has 0 saturated heterocycles. The Kier molecular flexibility index (Phi) is 18.6. The third kappa shape index (κ3) is 12.2. The normalized spacial score (nSPS) is 13.4. The Balaban J connectivity index is 0.000000353. The van der Waals surface area contributed by atoms with Crippen LogP contribution in [-0.4, -0.2) is 40.4 Å². The zero-order valence-electron chi connectivity index (χ0n) is 41.3. The molecule has 0 radical (unpaired) electrons. The van der Waals surface area contributed by atoms with Crippen LogP contribution in [0.15, 0.2) is 84.9 Å². The first kappa shape index (κ1) is 55.0. The Hall–Kier alpha value is -4.38. The predicted octanol–water partition coefficient (Wildman–Crippen LogP) is 14.7. The van der Waals surface area contributed by atoms with Gasteiger partial charge < -0.3 is 19.5 Å². The highest BCUT2D eigenvalue weighted by atomic mass is 32.2. The molecule has 0 aliphatic rings. The summed E-state index contributed by atoms with van der Waals surface area (Å²) in [6.07, 6.45) is 10.0. The van der Waals surface area contributed by atoms with E-state index in [9.17, 15) is 36.9 Å². The molecule has 358 valence electrons. The number of benzene rings is 4. The lowest BCUT2D eigenvalue weighted by molar-refractivity contribution is -0.0500. The zero-order chi connectivity index (χ0) is 49.3. The van der Waals surface area contributed by atoms with Gasteiger partial charge in [0.2, 0.25) is 0 Å². The van der Waals surface area contributed by atoms with Crippen molar-refractivity contribution < 1.29 is 41.1 Å². The second-order valence-electron chi connectivity index (χ2n) is 17.9. The van der Waals surface area contributed by atoms with Gasteiger partial charge in [0.15, 0.2) is 0 Å². The van der Waals surface area contributed by atoms with Gasteiger partial charge in [-0.1, -0.05) is 116 Å². The molecule has 0 aliphatic heterocycles. The highest BCUT2D eigenvalue weighted by molar-refractivity contribution is 7.88. The first-order valence-electron chi connectivity index (χ1n) is 23.2. The monoisotopic (exact) mass is 921 g/mol. The van der Waals surface area contributed by atoms with E-state index in [1.165, 1.54) is 35.2 Å². The number of phenolic OH excluding ortho intramolecular Hbond substituents is 1. The number of hydrogen-bond donors (Lipinski definition) is 3. The summed E-state index contributed by atoms with van der Waals surface area (Å²) in [4.78, 5) is 0. The van der Waals surface area contributed by atoms with Crippen molar-refractivity contribution >= 4 is 21.3 Å². The van der Waals surface area contributed by atoms with Crippen molar-refractivity contribution in [1.82, 2.24) is 0 Å². The summed E-state index contributed by atoms with van der Waals surface area (Å²) < 4.78 is 65.7. The highest BCUT2D eigenvalue weighted by Gasteiger charge is 2.49. The van der Waals surface area contributed by atoms with Gasteiger partial charge in [-0.2, -0.15) is 21.6 Å². The molecule has 0 saturated carbocycles. The van der Waals surface area contributed by atoms with Crippen LogP contribution in [0.25, 0.3) is 11.1 Å². The van der Waals surface area contributed by atoms with Crippen molar-refractivity contribution in [3.8, 4) is 11.5 Å². The van der Waals surface area contributed by atoms with Crippen molar-refractivity contribution in [2.24, 2.45) is 0 Å². The molecule has 3 N–H and O–H groups in total. The van der Waals surface area contributed by atoms with Gasteiger partial charge in [0, 0.05) is 10.8 Å². The topological polar surface area (TPSA) is 104 Å². The Morgan fingerprint density at radius 1 is 0.523 bits per heavy atom. The number of aromatic hydroxyl groups is 1. The number of phenols is 1. The lowest BCUT2D eigenvalue weighted by Crippen LogP contribution is -2.29. The number of hydrogen-bond acceptors (Lipinski definition) is 6. The molecular formula is C55H75F3O6S. The molecule has 0 aromatic heterocycles. The fraction of sp³-hybridized carbons (Fsp3) is 0.491. The molecule has 4 aromatic carbocycles. The standard InChI is InChI=1S/C28H37F3O4S.C27H38O2/c1-8-26(32,9-2)18-21(7)24-14-12-22(16-19(24)5)27(10-3,11-4)23-13-15-25(20(6)17-23)35-36(33,34)28(29,30)31;1-8-26(29,9-2)18-21(7)24-14-12-22(16-19(24)5)27(10-3,11-4)23-13-15-25(28)20(6)17-23/h12-18,32H,8-11H2,1-7H3;12-18,28-29H,8-11H2,1-7H3/b2*21-18+. The fourth-order valence-electron chi connectivity index (χ4n) is 9.30. The van der Waals surface area contributed by atoms with Gasteiger partial charge in [-0.05, 0) is 184 Å². The van der Waals surface area contributed by atoms with E-state index in [2.05, 4.69) is 74.3 Å². The minimum absolute atomic E-state index is 0.0764. The van der Waals surface area contributed by atoms with E-state index in [-0.39, 0.29) is 11.2 Å². The van der Waals surface area contributed by atoms with Gasteiger partial charge in [-0.25, -0.2) is 0 Å². The summed E-state index contributed by atoms with van der Waals surface area (Å²) in [6.45, 7) is 28.3. The van der Waals surface area contributed by atoms with Crippen LogP contribution in [0.4, 0.5) is 13.2 Å². The van der Waals surface area contributed by atoms with Crippen LogP contribution >= 0.6 is 0 Å². The second-order valence-corrected chi connectivity index (χ2v) is 19.4. The summed E-state index contributed by atoms with van der Waals surface area (Å²) in [6, 6.07) is 23.6. The first-order chi connectivity index (χ1) is 30.2. The molecule has 65 heavy (non-hydrogen) atoms. The van der Waals surface area contributed by atoms with Gasteiger partial charge in [-0.15, -0.1) is 0 Å². The van der Waals surface area contributed by atoms with E-state index in [0.717, 1.165) is 64.6 Å². The van der Waals surface area contributed by atoms with Crippen molar-refractivity contribution in [2.75, 3.05) is 0 Å². The molecule has 0 amide bonds. The molecule has 10 heteroatoms. The van der Waals surface area contributed by atoms with Crippen LogP contribution in [-0.2, 0) is 20.9 Å². The maximum atomic E-state index is 12.8. The number of rotatable bonds is 18. The maximum absolute atomic E-state index is 12.8. The summed E-state index contributed by atoms with van der Waals surface area (Å²) in [7, 11) is -5.74. The van der Waals surface area contributed by atoms with Crippen molar-refractivity contribution in [3.63, 3.8) is 0 Å². The van der Waals surface area contributed by atoms with Gasteiger partial charge >= 0.3 is 15.6 Å². The minimum Gasteiger partial charge on any atom is -0.508 e. The van der Waals surface area contributed by atoms with Gasteiger partial charge in [0.25, 0.3) is 0 Å². The highest BCUT2D eigenvalue weighted by Crippen LogP contribution is 2.43. The van der Waals surface area contributed by atoms with Crippen LogP contribution in [0, 0.1) is 27.7 Å². The Morgan fingerprint density at radius 3 is 1.14 bits per heavy atom. The first-order valence-corrected chi connectivity index (χ1v) is 24.6. The maximum Gasteiger partial charge on any atom is 0.534 e. The molecule has 0 fully saturated rings. The average Bonchev–Trinajstić information content (AvgIpc) is 3.26. The Labute approximate surface area is 388 Å². The SMILES string of the molecule is CCC(O)(/C=C(\C)c1ccc(C(CC)(CC)c2ccc(O)c(C)c2)cc1C)CC.CCC(O)(/C=C(\C)c1ccc(C(CC)(CC)c2ccc(OS(=O)(=O)C(F)(F)F)c(C)c2)cc1C)CC. The molecule has 4 aromatic rings. The van der Waals surface area contributed by atoms with Crippen molar-refractivity contribution in [3.05, 3.63) is 141 Å². The number of alkyl halides is 3. The van der Waals surface area contributed by atoms with Crippen LogP contribution in [0.1, 0.15) is 176 Å². The summed E-state index contributed by atoms with van der Waals surface area (Å²) >= 11 is 0. The smallest absolute Gasteiger partial charge is 0.508 e. The number of aliphatic hydroxyl groups is 2. The number of allylic oxidation sites excluding steroid dienone is 2. The van der Waals surface area contributed by atoms with E-state index < -0.39 is 32.2 Å². The van der Waals surface area contributed by atoms with Gasteiger partial charge in [0.1, 0.15) is 11.5 Å². The largest absolute Gasteiger partial charge is 0.534 e. The van der Waals surface area contributed by atoms with Crippen LogP contribution in [0.3, 0.4) is 0 Å². The molecule has 0 atom stereocenters. The summed E-state index contributed by atoms with van der Waals surface area (Å²) in [5.41, 5.74) is 4.73. The van der Waals surface area contributed by atoms with Crippen LogP contribution in [0.2, 0.25) is 0 Å². The number of aryl methyl sites for hydroxylation is 4. The van der Waals surface area contributed by atoms with Gasteiger partial charge in [-0.3, -0.25) is 0 Å². The lowest BCUT2D eigenvalue weighted by atomic mass is 9.69. The Morgan fingerprint density at radius 2 is 0.846 bits per heavy atom. The van der Waals surface area contributed by atoms with E-state index >= 15 is 0 Å². The molecule has 0 aliphatic carbocycles. The third-order valence-electron chi connectivity index (χ3n) is 14.2. The predicted molar refractivity (Wildman–Crippen MR) is 263 cm³/mol. The average molecular weight is 921 g/mol. The van der Waals surface area contributed by atoms with Crippen LogP contribution < -0.4 is 4.18 Å². The summed E-state index contributed by atoms with van der Waals surface area (Å²) in [5, 5.41) is 31.4. The van der Waals surface area contributed by atoms with E-state index in [0.29, 0.717) is 37.0 Å². The van der Waals surface area contributed by atoms with Crippen molar-refractivity contribution in [2.45, 2.75) is 176 Å². The molecule has 4 rings (SSSR count). The molecule has 0 bridgehead atoms. The molecule has 0 spiro atoms. The molecule has 0 heterocycles. The quantitative estimate of drug-likeness (QED) is 0.0678. The van der Waals surface area contributed by atoms with Gasteiger partial charge in [0.05, 0.1) is 11.2 Å². The molecular weight excluding hydrogens is 846 g/mol.